The van der Waals surface area contributed by atoms with Crippen LogP contribution in [-0.2, 0) is 4.74 Å². The molecule has 0 aromatic carbocycles. The van der Waals surface area contributed by atoms with Gasteiger partial charge in [-0.15, -0.1) is 0 Å². The Hall–Kier alpha value is -1.86. The Labute approximate surface area is 105 Å². The molecule has 0 bridgehead atoms. The van der Waals surface area contributed by atoms with Crippen LogP contribution < -0.4 is 10.6 Å². The molecule has 1 unspecified atom stereocenters. The lowest BCUT2D eigenvalue weighted by atomic mass is 10.2. The molecule has 0 aliphatic heterocycles. The first-order valence-corrected chi connectivity index (χ1v) is 5.32. The molecule has 0 spiro atoms. The van der Waals surface area contributed by atoms with Crippen LogP contribution >= 0.6 is 0 Å². The molecular formula is C11H17N3O4. The summed E-state index contributed by atoms with van der Waals surface area (Å²) in [5.41, 5.74) is 5.61. The van der Waals surface area contributed by atoms with E-state index >= 15 is 0 Å². The van der Waals surface area contributed by atoms with E-state index in [9.17, 15) is 9.90 Å². The third-order valence-electron chi connectivity index (χ3n) is 2.39. The minimum absolute atomic E-state index is 0.00641. The van der Waals surface area contributed by atoms with Crippen LogP contribution in [0.25, 0.3) is 0 Å². The molecule has 1 aromatic rings. The van der Waals surface area contributed by atoms with Crippen LogP contribution in [0.1, 0.15) is 10.4 Å². The van der Waals surface area contributed by atoms with E-state index in [4.69, 9.17) is 15.6 Å². The largest absolute Gasteiger partial charge is 0.478 e. The second-order valence-electron chi connectivity index (χ2n) is 3.92. The molecule has 1 rings (SSSR count). The number of pyridine rings is 1. The number of anilines is 2. The van der Waals surface area contributed by atoms with Crippen molar-refractivity contribution < 1.29 is 19.7 Å². The van der Waals surface area contributed by atoms with Crippen LogP contribution in [0.3, 0.4) is 0 Å². The summed E-state index contributed by atoms with van der Waals surface area (Å²) in [5.74, 6) is -0.682. The number of nitrogens with two attached hydrogens (primary N) is 1. The number of nitrogens with zero attached hydrogens (tertiary/aromatic N) is 2. The van der Waals surface area contributed by atoms with E-state index in [1.54, 1.807) is 11.9 Å². The zero-order valence-corrected chi connectivity index (χ0v) is 10.3. The lowest BCUT2D eigenvalue weighted by Crippen LogP contribution is -2.32. The minimum atomic E-state index is -1.11. The van der Waals surface area contributed by atoms with Crippen molar-refractivity contribution in [1.29, 1.82) is 0 Å². The second kappa shape index (κ2) is 6.18. The number of carboxylic acid groups (broad SMARTS) is 1. The molecule has 0 saturated heterocycles. The van der Waals surface area contributed by atoms with E-state index < -0.39 is 12.1 Å². The van der Waals surface area contributed by atoms with Crippen molar-refractivity contribution in [3.8, 4) is 0 Å². The van der Waals surface area contributed by atoms with Crippen molar-refractivity contribution in [2.75, 3.05) is 37.9 Å². The van der Waals surface area contributed by atoms with E-state index in [-0.39, 0.29) is 24.4 Å². The van der Waals surface area contributed by atoms with Gasteiger partial charge in [0.15, 0.2) is 0 Å². The average Bonchev–Trinajstić information content (AvgIpc) is 2.29. The highest BCUT2D eigenvalue weighted by molar-refractivity contribution is 5.94. The summed E-state index contributed by atoms with van der Waals surface area (Å²) in [6.07, 6.45) is 0.616. The smallest absolute Gasteiger partial charge is 0.337 e. The van der Waals surface area contributed by atoms with Crippen LogP contribution in [0.5, 0.6) is 0 Å². The third-order valence-corrected chi connectivity index (χ3v) is 2.39. The summed E-state index contributed by atoms with van der Waals surface area (Å²) in [7, 11) is 3.19. The number of hydrogen-bond acceptors (Lipinski definition) is 6. The molecule has 1 aromatic heterocycles. The molecule has 0 saturated carbocycles. The van der Waals surface area contributed by atoms with Gasteiger partial charge in [-0.2, -0.15) is 0 Å². The van der Waals surface area contributed by atoms with Crippen molar-refractivity contribution in [1.82, 2.24) is 4.98 Å². The standard InChI is InChI=1S/C11H17N3O4/c1-14(5-7(15)6-18-2)10-3-8(11(16)17)9(12)4-13-10/h3-4,7,15H,5-6,12H2,1-2H3,(H,16,17). The molecule has 7 heteroatoms. The maximum absolute atomic E-state index is 10.9. The predicted octanol–water partition coefficient (Wildman–Crippen LogP) is -0.194. The highest BCUT2D eigenvalue weighted by atomic mass is 16.5. The first-order chi connectivity index (χ1) is 8.45. The van der Waals surface area contributed by atoms with E-state index in [0.717, 1.165) is 0 Å². The number of carbonyl (C=O) groups is 1. The van der Waals surface area contributed by atoms with Gasteiger partial charge in [0.1, 0.15) is 5.82 Å². The van der Waals surface area contributed by atoms with E-state index in [1.807, 2.05) is 0 Å². The Morgan fingerprint density at radius 1 is 1.67 bits per heavy atom. The van der Waals surface area contributed by atoms with E-state index in [2.05, 4.69) is 4.98 Å². The van der Waals surface area contributed by atoms with Crippen molar-refractivity contribution in [2.24, 2.45) is 0 Å². The molecule has 4 N–H and O–H groups in total. The summed E-state index contributed by atoms with van der Waals surface area (Å²) in [6, 6.07) is 1.37. The molecule has 7 nitrogen and oxygen atoms in total. The number of aliphatic hydroxyl groups is 1. The minimum Gasteiger partial charge on any atom is -0.478 e. The van der Waals surface area contributed by atoms with Gasteiger partial charge in [-0.25, -0.2) is 9.78 Å². The first-order valence-electron chi connectivity index (χ1n) is 5.32. The summed E-state index contributed by atoms with van der Waals surface area (Å²) in [5, 5.41) is 18.5. The zero-order chi connectivity index (χ0) is 13.7. The predicted molar refractivity (Wildman–Crippen MR) is 66.8 cm³/mol. The van der Waals surface area contributed by atoms with Gasteiger partial charge in [-0.3, -0.25) is 0 Å². The fourth-order valence-electron chi connectivity index (χ4n) is 1.50. The molecule has 0 fully saturated rings. The van der Waals surface area contributed by atoms with Crippen LogP contribution in [0.15, 0.2) is 12.3 Å². The highest BCUT2D eigenvalue weighted by Gasteiger charge is 2.14. The Morgan fingerprint density at radius 2 is 2.33 bits per heavy atom. The number of aromatic nitrogens is 1. The number of aromatic carboxylic acids is 1. The molecule has 0 aliphatic rings. The molecular weight excluding hydrogens is 238 g/mol. The van der Waals surface area contributed by atoms with Gasteiger partial charge in [0.25, 0.3) is 0 Å². The van der Waals surface area contributed by atoms with Gasteiger partial charge in [0.2, 0.25) is 0 Å². The molecule has 100 valence electrons. The molecule has 0 radical (unpaired) electrons. The monoisotopic (exact) mass is 255 g/mol. The number of carboxylic acids is 1. The topological polar surface area (TPSA) is 109 Å². The number of hydrogen-bond donors (Lipinski definition) is 3. The van der Waals surface area contributed by atoms with Gasteiger partial charge in [0, 0.05) is 20.7 Å². The quantitative estimate of drug-likeness (QED) is 0.646. The number of nitrogen functional groups attached to an aromatic ring is 1. The van der Waals surface area contributed by atoms with Crippen molar-refractivity contribution in [3.63, 3.8) is 0 Å². The van der Waals surface area contributed by atoms with Crippen molar-refractivity contribution >= 4 is 17.5 Å². The van der Waals surface area contributed by atoms with Crippen molar-refractivity contribution in [3.05, 3.63) is 17.8 Å². The molecule has 0 amide bonds. The van der Waals surface area contributed by atoms with Crippen LogP contribution in [0.2, 0.25) is 0 Å². The fourth-order valence-corrected chi connectivity index (χ4v) is 1.50. The maximum atomic E-state index is 10.9. The van der Waals surface area contributed by atoms with Crippen molar-refractivity contribution in [2.45, 2.75) is 6.10 Å². The number of rotatable bonds is 6. The summed E-state index contributed by atoms with van der Waals surface area (Å²) in [4.78, 5) is 16.6. The van der Waals surface area contributed by atoms with Gasteiger partial charge in [-0.05, 0) is 6.07 Å². The zero-order valence-electron chi connectivity index (χ0n) is 10.3. The van der Waals surface area contributed by atoms with Crippen LogP contribution in [0, 0.1) is 0 Å². The highest BCUT2D eigenvalue weighted by Crippen LogP contribution is 2.17. The third kappa shape index (κ3) is 3.57. The van der Waals surface area contributed by atoms with Crippen LogP contribution in [0.4, 0.5) is 11.5 Å². The van der Waals surface area contributed by atoms with Crippen LogP contribution in [-0.4, -0.2) is 54.6 Å². The molecule has 18 heavy (non-hydrogen) atoms. The summed E-state index contributed by atoms with van der Waals surface area (Å²) in [6.45, 7) is 0.481. The fraction of sp³-hybridized carbons (Fsp3) is 0.455. The number of aliphatic hydroxyl groups excluding tert-OH is 1. The Bertz CT molecular complexity index is 425. The lowest BCUT2D eigenvalue weighted by molar-refractivity contribution is 0.0694. The summed E-state index contributed by atoms with van der Waals surface area (Å²) >= 11 is 0. The molecule has 1 atom stereocenters. The number of methoxy groups -OCH3 is 1. The normalized spacial score (nSPS) is 12.2. The Morgan fingerprint density at radius 3 is 2.89 bits per heavy atom. The first kappa shape index (κ1) is 14.2. The molecule has 0 aliphatic carbocycles. The average molecular weight is 255 g/mol. The number of ether oxygens (including phenoxy) is 1. The van der Waals surface area contributed by atoms with E-state index in [1.165, 1.54) is 19.4 Å². The lowest BCUT2D eigenvalue weighted by Gasteiger charge is -2.21. The van der Waals surface area contributed by atoms with E-state index in [0.29, 0.717) is 5.82 Å². The van der Waals surface area contributed by atoms with Gasteiger partial charge in [0.05, 0.1) is 30.2 Å². The maximum Gasteiger partial charge on any atom is 0.337 e. The Kier molecular flexibility index (Phi) is 4.87. The van der Waals surface area contributed by atoms with Gasteiger partial charge in [-0.1, -0.05) is 0 Å². The molecule has 1 heterocycles. The Balaban J connectivity index is 2.83. The summed E-state index contributed by atoms with van der Waals surface area (Å²) < 4.78 is 4.81. The van der Waals surface area contributed by atoms with Gasteiger partial charge >= 0.3 is 5.97 Å². The number of likely N-dealkylation sites (N-methyl/N-ethyl adjacent to an activating group) is 1. The van der Waals surface area contributed by atoms with Gasteiger partial charge < -0.3 is 25.6 Å². The second-order valence-corrected chi connectivity index (χ2v) is 3.92. The SMILES string of the molecule is COCC(O)CN(C)c1cc(C(=O)O)c(N)cn1.